The molecule has 0 aliphatic carbocycles. The number of hydrogen-bond donors (Lipinski definition) is 1. The minimum atomic E-state index is 1.16. The van der Waals surface area contributed by atoms with Gasteiger partial charge < -0.3 is 5.32 Å². The van der Waals surface area contributed by atoms with Crippen LogP contribution >= 0.6 is 11.3 Å². The largest absolute Gasteiger partial charge is 0.320 e. The lowest BCUT2D eigenvalue weighted by atomic mass is 10.1. The molecule has 0 saturated carbocycles. The third kappa shape index (κ3) is 3.92. The zero-order valence-corrected chi connectivity index (χ0v) is 9.41. The summed E-state index contributed by atoms with van der Waals surface area (Å²) in [4.78, 5) is 1.57. The smallest absolute Gasteiger partial charge is 0.00743 e. The Hall–Kier alpha value is -0.340. The summed E-state index contributed by atoms with van der Waals surface area (Å²) in [6.45, 7) is 3.36. The normalized spacial score (nSPS) is 10.6. The van der Waals surface area contributed by atoms with Crippen molar-refractivity contribution in [3.05, 3.63) is 21.9 Å². The molecule has 13 heavy (non-hydrogen) atoms. The number of unbranched alkanes of at least 4 members (excludes halogenated alkanes) is 2. The molecule has 0 spiro atoms. The molecule has 0 radical (unpaired) electrons. The van der Waals surface area contributed by atoms with Crippen LogP contribution in [-0.4, -0.2) is 13.6 Å². The monoisotopic (exact) mass is 197 g/mol. The van der Waals surface area contributed by atoms with Crippen molar-refractivity contribution in [2.24, 2.45) is 0 Å². The molecule has 1 nitrogen and oxygen atoms in total. The van der Waals surface area contributed by atoms with Crippen molar-refractivity contribution in [3.63, 3.8) is 0 Å². The van der Waals surface area contributed by atoms with Crippen molar-refractivity contribution in [1.29, 1.82) is 0 Å². The Bertz CT molecular complexity index is 230. The van der Waals surface area contributed by atoms with Crippen LogP contribution in [0.25, 0.3) is 0 Å². The Morgan fingerprint density at radius 3 is 2.77 bits per heavy atom. The highest BCUT2D eigenvalue weighted by molar-refractivity contribution is 7.10. The fraction of sp³-hybridized carbons (Fsp3) is 0.636. The SMILES string of the molecule is CNCCCCCc1sccc1C. The van der Waals surface area contributed by atoms with E-state index in [1.54, 1.807) is 4.88 Å². The molecule has 1 N–H and O–H groups in total. The second kappa shape index (κ2) is 6.17. The van der Waals surface area contributed by atoms with Gasteiger partial charge in [-0.15, -0.1) is 11.3 Å². The standard InChI is InChI=1S/C11H19NS/c1-10-7-9-13-11(10)6-4-3-5-8-12-2/h7,9,12H,3-6,8H2,1-2H3. The van der Waals surface area contributed by atoms with Crippen molar-refractivity contribution in [2.75, 3.05) is 13.6 Å². The van der Waals surface area contributed by atoms with E-state index in [0.717, 1.165) is 6.54 Å². The van der Waals surface area contributed by atoms with Crippen LogP contribution in [0.4, 0.5) is 0 Å². The molecule has 2 heteroatoms. The van der Waals surface area contributed by atoms with E-state index in [9.17, 15) is 0 Å². The van der Waals surface area contributed by atoms with Gasteiger partial charge in [0.2, 0.25) is 0 Å². The topological polar surface area (TPSA) is 12.0 Å². The molecule has 1 aromatic rings. The predicted molar refractivity (Wildman–Crippen MR) is 60.5 cm³/mol. The summed E-state index contributed by atoms with van der Waals surface area (Å²) in [5.74, 6) is 0. The van der Waals surface area contributed by atoms with Crippen molar-refractivity contribution in [1.82, 2.24) is 5.32 Å². The van der Waals surface area contributed by atoms with Gasteiger partial charge >= 0.3 is 0 Å². The first-order valence-electron chi connectivity index (χ1n) is 5.02. The molecule has 74 valence electrons. The molecule has 0 atom stereocenters. The maximum Gasteiger partial charge on any atom is 0.00743 e. The van der Waals surface area contributed by atoms with Gasteiger partial charge in [-0.25, -0.2) is 0 Å². The molecule has 0 amide bonds. The summed E-state index contributed by atoms with van der Waals surface area (Å²) in [5.41, 5.74) is 1.47. The first-order chi connectivity index (χ1) is 6.34. The number of hydrogen-bond acceptors (Lipinski definition) is 2. The number of thiophene rings is 1. The van der Waals surface area contributed by atoms with Crippen LogP contribution in [0.3, 0.4) is 0 Å². The lowest BCUT2D eigenvalue weighted by Gasteiger charge is -2.00. The Morgan fingerprint density at radius 2 is 2.15 bits per heavy atom. The summed E-state index contributed by atoms with van der Waals surface area (Å²) in [6, 6.07) is 2.22. The van der Waals surface area contributed by atoms with E-state index in [-0.39, 0.29) is 0 Å². The summed E-state index contributed by atoms with van der Waals surface area (Å²) in [6.07, 6.45) is 5.26. The molecule has 0 aliphatic rings. The summed E-state index contributed by atoms with van der Waals surface area (Å²) >= 11 is 1.90. The van der Waals surface area contributed by atoms with E-state index in [1.807, 2.05) is 18.4 Å². The number of rotatable bonds is 6. The van der Waals surface area contributed by atoms with Crippen LogP contribution in [0.1, 0.15) is 29.7 Å². The molecule has 0 unspecified atom stereocenters. The van der Waals surface area contributed by atoms with Crippen molar-refractivity contribution in [3.8, 4) is 0 Å². The lowest BCUT2D eigenvalue weighted by molar-refractivity contribution is 0.644. The van der Waals surface area contributed by atoms with Crippen molar-refractivity contribution >= 4 is 11.3 Å². The number of aryl methyl sites for hydroxylation is 2. The van der Waals surface area contributed by atoms with Gasteiger partial charge in [-0.3, -0.25) is 0 Å². The zero-order valence-electron chi connectivity index (χ0n) is 8.60. The average molecular weight is 197 g/mol. The Morgan fingerprint density at radius 1 is 1.31 bits per heavy atom. The van der Waals surface area contributed by atoms with Crippen LogP contribution < -0.4 is 5.32 Å². The highest BCUT2D eigenvalue weighted by Crippen LogP contribution is 2.18. The van der Waals surface area contributed by atoms with Gasteiger partial charge in [0.05, 0.1) is 0 Å². The van der Waals surface area contributed by atoms with Crippen LogP contribution in [0, 0.1) is 6.92 Å². The molecule has 0 fully saturated rings. The Labute approximate surface area is 85.2 Å². The minimum absolute atomic E-state index is 1.16. The van der Waals surface area contributed by atoms with Crippen LogP contribution in [-0.2, 0) is 6.42 Å². The van der Waals surface area contributed by atoms with E-state index < -0.39 is 0 Å². The third-order valence-electron chi connectivity index (χ3n) is 2.30. The zero-order chi connectivity index (χ0) is 9.52. The van der Waals surface area contributed by atoms with E-state index in [4.69, 9.17) is 0 Å². The second-order valence-electron chi connectivity index (χ2n) is 3.44. The summed E-state index contributed by atoms with van der Waals surface area (Å²) in [5, 5.41) is 5.37. The van der Waals surface area contributed by atoms with E-state index in [1.165, 1.54) is 31.2 Å². The van der Waals surface area contributed by atoms with E-state index in [0.29, 0.717) is 0 Å². The van der Waals surface area contributed by atoms with Gasteiger partial charge in [-0.05, 0) is 56.8 Å². The van der Waals surface area contributed by atoms with Crippen LogP contribution in [0.2, 0.25) is 0 Å². The molecule has 0 aliphatic heterocycles. The maximum absolute atomic E-state index is 3.18. The second-order valence-corrected chi connectivity index (χ2v) is 4.44. The molecule has 0 saturated heterocycles. The minimum Gasteiger partial charge on any atom is -0.320 e. The molecule has 1 heterocycles. The fourth-order valence-electron chi connectivity index (χ4n) is 1.42. The van der Waals surface area contributed by atoms with Crippen molar-refractivity contribution < 1.29 is 0 Å². The molecule has 0 aromatic carbocycles. The predicted octanol–water partition coefficient (Wildman–Crippen LogP) is 2.99. The maximum atomic E-state index is 3.18. The van der Waals surface area contributed by atoms with Crippen LogP contribution in [0.5, 0.6) is 0 Å². The molecular formula is C11H19NS. The molecule has 0 bridgehead atoms. The van der Waals surface area contributed by atoms with Gasteiger partial charge in [-0.1, -0.05) is 6.42 Å². The first-order valence-corrected chi connectivity index (χ1v) is 5.90. The third-order valence-corrected chi connectivity index (χ3v) is 3.38. The van der Waals surface area contributed by atoms with Gasteiger partial charge in [0.25, 0.3) is 0 Å². The van der Waals surface area contributed by atoms with E-state index in [2.05, 4.69) is 23.7 Å². The highest BCUT2D eigenvalue weighted by atomic mass is 32.1. The van der Waals surface area contributed by atoms with Gasteiger partial charge in [-0.2, -0.15) is 0 Å². The first kappa shape index (κ1) is 10.7. The summed E-state index contributed by atoms with van der Waals surface area (Å²) < 4.78 is 0. The molecule has 1 rings (SSSR count). The van der Waals surface area contributed by atoms with Gasteiger partial charge in [0.1, 0.15) is 0 Å². The average Bonchev–Trinajstić information content (AvgIpc) is 2.52. The van der Waals surface area contributed by atoms with E-state index >= 15 is 0 Å². The van der Waals surface area contributed by atoms with Gasteiger partial charge in [0.15, 0.2) is 0 Å². The van der Waals surface area contributed by atoms with Gasteiger partial charge in [0, 0.05) is 4.88 Å². The van der Waals surface area contributed by atoms with Crippen LogP contribution in [0.15, 0.2) is 11.4 Å². The highest BCUT2D eigenvalue weighted by Gasteiger charge is 1.98. The van der Waals surface area contributed by atoms with Crippen molar-refractivity contribution in [2.45, 2.75) is 32.6 Å². The number of nitrogens with one attached hydrogen (secondary N) is 1. The summed E-state index contributed by atoms with van der Waals surface area (Å²) in [7, 11) is 2.02. The quantitative estimate of drug-likeness (QED) is 0.691. The molecule has 1 aromatic heterocycles. The Kier molecular flexibility index (Phi) is 5.09. The fourth-order valence-corrected chi connectivity index (χ4v) is 2.38. The Balaban J connectivity index is 2.10. The molecular weight excluding hydrogens is 178 g/mol. The lowest BCUT2D eigenvalue weighted by Crippen LogP contribution is -2.07.